The number of anilines is 1. The second kappa shape index (κ2) is 5.66. The van der Waals surface area contributed by atoms with E-state index in [1.54, 1.807) is 0 Å². The predicted octanol–water partition coefficient (Wildman–Crippen LogP) is 2.82. The second-order valence-electron chi connectivity index (χ2n) is 3.81. The molecule has 0 atom stereocenters. The highest BCUT2D eigenvalue weighted by atomic mass is 35.5. The molecule has 2 N–H and O–H groups in total. The molecule has 0 aliphatic carbocycles. The standard InChI is InChI=1S/C13H8ClFN2O3/c14-10-3-4-16-6-9(10)12(18)17-7-1-2-11(15)8(5-7)13(19)20/h1-6H,(H,17,18)(H,19,20). The zero-order chi connectivity index (χ0) is 14.7. The zero-order valence-electron chi connectivity index (χ0n) is 9.93. The van der Waals surface area contributed by atoms with Crippen molar-refractivity contribution in [2.24, 2.45) is 0 Å². The van der Waals surface area contributed by atoms with Crippen molar-refractivity contribution in [2.75, 3.05) is 5.32 Å². The van der Waals surface area contributed by atoms with Crippen LogP contribution in [0, 0.1) is 5.82 Å². The molecule has 0 saturated carbocycles. The van der Waals surface area contributed by atoms with E-state index < -0.39 is 23.3 Å². The van der Waals surface area contributed by atoms with Crippen molar-refractivity contribution in [3.05, 3.63) is 58.6 Å². The Hall–Kier alpha value is -2.47. The number of pyridine rings is 1. The van der Waals surface area contributed by atoms with E-state index in [9.17, 15) is 14.0 Å². The summed E-state index contributed by atoms with van der Waals surface area (Å²) < 4.78 is 13.2. The third-order valence-electron chi connectivity index (χ3n) is 2.47. The number of carbonyl (C=O) groups excluding carboxylic acids is 1. The van der Waals surface area contributed by atoms with E-state index >= 15 is 0 Å². The number of halogens is 2. The first-order valence-electron chi connectivity index (χ1n) is 5.42. The number of carbonyl (C=O) groups is 2. The van der Waals surface area contributed by atoms with Crippen LogP contribution in [-0.4, -0.2) is 22.0 Å². The number of carboxylic acids is 1. The molecule has 0 unspecified atom stereocenters. The number of nitrogens with zero attached hydrogens (tertiary/aromatic N) is 1. The van der Waals surface area contributed by atoms with Gasteiger partial charge >= 0.3 is 5.97 Å². The lowest BCUT2D eigenvalue weighted by Gasteiger charge is -2.07. The molecular formula is C13H8ClFN2O3. The summed E-state index contributed by atoms with van der Waals surface area (Å²) in [5.41, 5.74) is -0.246. The van der Waals surface area contributed by atoms with E-state index in [0.29, 0.717) is 0 Å². The number of rotatable bonds is 3. The molecule has 2 aromatic rings. The Balaban J connectivity index is 2.27. The minimum absolute atomic E-state index is 0.135. The van der Waals surface area contributed by atoms with Gasteiger partial charge in [0.1, 0.15) is 5.82 Å². The number of benzene rings is 1. The summed E-state index contributed by atoms with van der Waals surface area (Å²) >= 11 is 5.84. The van der Waals surface area contributed by atoms with Crippen LogP contribution in [0.1, 0.15) is 20.7 Å². The lowest BCUT2D eigenvalue weighted by Crippen LogP contribution is -2.13. The van der Waals surface area contributed by atoms with Gasteiger partial charge < -0.3 is 10.4 Å². The minimum Gasteiger partial charge on any atom is -0.478 e. The van der Waals surface area contributed by atoms with Crippen LogP contribution in [0.3, 0.4) is 0 Å². The molecular weight excluding hydrogens is 287 g/mol. The lowest BCUT2D eigenvalue weighted by atomic mass is 10.2. The number of amides is 1. The van der Waals surface area contributed by atoms with Gasteiger partial charge in [-0.15, -0.1) is 0 Å². The Labute approximate surface area is 118 Å². The monoisotopic (exact) mass is 294 g/mol. The molecule has 5 nitrogen and oxygen atoms in total. The fourth-order valence-corrected chi connectivity index (χ4v) is 1.70. The Morgan fingerprint density at radius 2 is 2.00 bits per heavy atom. The first kappa shape index (κ1) is 14.0. The third kappa shape index (κ3) is 2.92. The number of hydrogen-bond acceptors (Lipinski definition) is 3. The quantitative estimate of drug-likeness (QED) is 0.912. The summed E-state index contributed by atoms with van der Waals surface area (Å²) in [6, 6.07) is 4.69. The van der Waals surface area contributed by atoms with Gasteiger partial charge in [0.2, 0.25) is 0 Å². The van der Waals surface area contributed by atoms with Gasteiger partial charge in [-0.1, -0.05) is 11.6 Å². The van der Waals surface area contributed by atoms with Crippen LogP contribution in [0.25, 0.3) is 0 Å². The van der Waals surface area contributed by atoms with Crippen LogP contribution in [0.5, 0.6) is 0 Å². The van der Waals surface area contributed by atoms with Gasteiger partial charge in [-0.3, -0.25) is 9.78 Å². The van der Waals surface area contributed by atoms with E-state index in [1.165, 1.54) is 24.5 Å². The van der Waals surface area contributed by atoms with Crippen LogP contribution < -0.4 is 5.32 Å². The molecule has 2 rings (SSSR count). The van der Waals surface area contributed by atoms with Crippen molar-refractivity contribution < 1.29 is 19.1 Å². The van der Waals surface area contributed by atoms with E-state index in [-0.39, 0.29) is 16.3 Å². The van der Waals surface area contributed by atoms with Gasteiger partial charge in [-0.25, -0.2) is 9.18 Å². The van der Waals surface area contributed by atoms with Crippen LogP contribution in [0.2, 0.25) is 5.02 Å². The highest BCUT2D eigenvalue weighted by Gasteiger charge is 2.14. The van der Waals surface area contributed by atoms with Gasteiger partial charge in [-0.05, 0) is 24.3 Å². The molecule has 1 aromatic heterocycles. The largest absolute Gasteiger partial charge is 0.478 e. The average molecular weight is 295 g/mol. The minimum atomic E-state index is -1.42. The van der Waals surface area contributed by atoms with Crippen molar-refractivity contribution in [1.82, 2.24) is 4.98 Å². The number of aromatic nitrogens is 1. The Morgan fingerprint density at radius 1 is 1.25 bits per heavy atom. The molecule has 0 saturated heterocycles. The summed E-state index contributed by atoms with van der Waals surface area (Å²) in [6.45, 7) is 0. The molecule has 1 amide bonds. The topological polar surface area (TPSA) is 79.3 Å². The number of nitrogens with one attached hydrogen (secondary N) is 1. The first-order valence-corrected chi connectivity index (χ1v) is 5.80. The van der Waals surface area contributed by atoms with E-state index in [2.05, 4.69) is 10.3 Å². The zero-order valence-corrected chi connectivity index (χ0v) is 10.7. The molecule has 0 fully saturated rings. The number of aromatic carboxylic acids is 1. The molecule has 1 heterocycles. The fourth-order valence-electron chi connectivity index (χ4n) is 1.51. The van der Waals surface area contributed by atoms with Crippen molar-refractivity contribution >= 4 is 29.2 Å². The Kier molecular flexibility index (Phi) is 3.95. The fraction of sp³-hybridized carbons (Fsp3) is 0. The lowest BCUT2D eigenvalue weighted by molar-refractivity contribution is 0.0691. The number of hydrogen-bond donors (Lipinski definition) is 2. The molecule has 0 aliphatic rings. The average Bonchev–Trinajstić information content (AvgIpc) is 2.41. The van der Waals surface area contributed by atoms with E-state index in [0.717, 1.165) is 12.1 Å². The molecule has 0 aliphatic heterocycles. The summed E-state index contributed by atoms with van der Waals surface area (Å²) in [5.74, 6) is -2.86. The highest BCUT2D eigenvalue weighted by Crippen LogP contribution is 2.18. The van der Waals surface area contributed by atoms with Gasteiger partial charge in [0.05, 0.1) is 16.1 Å². The van der Waals surface area contributed by atoms with E-state index in [4.69, 9.17) is 16.7 Å². The maximum absolute atomic E-state index is 13.2. The summed E-state index contributed by atoms with van der Waals surface area (Å²) in [5, 5.41) is 11.4. The summed E-state index contributed by atoms with van der Waals surface area (Å²) in [6.07, 6.45) is 2.71. The van der Waals surface area contributed by atoms with Gasteiger partial charge in [-0.2, -0.15) is 0 Å². The molecule has 20 heavy (non-hydrogen) atoms. The third-order valence-corrected chi connectivity index (χ3v) is 2.80. The van der Waals surface area contributed by atoms with Crippen LogP contribution in [-0.2, 0) is 0 Å². The van der Waals surface area contributed by atoms with E-state index in [1.807, 2.05) is 0 Å². The molecule has 7 heteroatoms. The Bertz CT molecular complexity index is 691. The SMILES string of the molecule is O=C(O)c1cc(NC(=O)c2cnccc2Cl)ccc1F. The molecule has 0 spiro atoms. The molecule has 1 aromatic carbocycles. The second-order valence-corrected chi connectivity index (χ2v) is 4.22. The predicted molar refractivity (Wildman–Crippen MR) is 70.6 cm³/mol. The summed E-state index contributed by atoms with van der Waals surface area (Å²) in [4.78, 5) is 26.5. The van der Waals surface area contributed by atoms with Crippen LogP contribution in [0.4, 0.5) is 10.1 Å². The number of carboxylic acid groups (broad SMARTS) is 1. The van der Waals surface area contributed by atoms with Gasteiger partial charge in [0.25, 0.3) is 5.91 Å². The van der Waals surface area contributed by atoms with Crippen LogP contribution >= 0.6 is 11.6 Å². The van der Waals surface area contributed by atoms with Crippen molar-refractivity contribution in [2.45, 2.75) is 0 Å². The van der Waals surface area contributed by atoms with Gasteiger partial charge in [0.15, 0.2) is 0 Å². The van der Waals surface area contributed by atoms with Crippen molar-refractivity contribution in [1.29, 1.82) is 0 Å². The maximum atomic E-state index is 13.2. The van der Waals surface area contributed by atoms with Crippen LogP contribution in [0.15, 0.2) is 36.7 Å². The summed E-state index contributed by atoms with van der Waals surface area (Å²) in [7, 11) is 0. The van der Waals surface area contributed by atoms with Crippen molar-refractivity contribution in [3.8, 4) is 0 Å². The van der Waals surface area contributed by atoms with Gasteiger partial charge in [0, 0.05) is 18.1 Å². The van der Waals surface area contributed by atoms with Crippen molar-refractivity contribution in [3.63, 3.8) is 0 Å². The molecule has 102 valence electrons. The highest BCUT2D eigenvalue weighted by molar-refractivity contribution is 6.34. The maximum Gasteiger partial charge on any atom is 0.338 e. The molecule has 0 bridgehead atoms. The molecule has 0 radical (unpaired) electrons. The Morgan fingerprint density at radius 3 is 2.65 bits per heavy atom. The smallest absolute Gasteiger partial charge is 0.338 e. The first-order chi connectivity index (χ1) is 9.49. The normalized spacial score (nSPS) is 10.1.